The summed E-state index contributed by atoms with van der Waals surface area (Å²) in [7, 11) is -0.419. The van der Waals surface area contributed by atoms with E-state index in [9.17, 15) is 4.79 Å². The molecule has 0 aromatic heterocycles. The molecule has 0 aromatic rings. The molecule has 102 valence electrons. The van der Waals surface area contributed by atoms with Gasteiger partial charge in [0.05, 0.1) is 9.52 Å². The van der Waals surface area contributed by atoms with Crippen molar-refractivity contribution in [2.75, 3.05) is 19.8 Å². The maximum Gasteiger partial charge on any atom is 0.248 e. The quantitative estimate of drug-likeness (QED) is 0.326. The van der Waals surface area contributed by atoms with E-state index in [1.807, 2.05) is 13.8 Å². The van der Waals surface area contributed by atoms with Crippen molar-refractivity contribution in [2.24, 2.45) is 0 Å². The van der Waals surface area contributed by atoms with Crippen LogP contribution in [0, 0.1) is 0 Å². The van der Waals surface area contributed by atoms with E-state index in [1.54, 1.807) is 0 Å². The third-order valence-corrected chi connectivity index (χ3v) is 4.10. The van der Waals surface area contributed by atoms with E-state index < -0.39 is 15.6 Å². The van der Waals surface area contributed by atoms with Crippen molar-refractivity contribution < 1.29 is 19.4 Å². The molecule has 6 heteroatoms. The minimum absolute atomic E-state index is 0.00235. The Morgan fingerprint density at radius 2 is 1.94 bits per heavy atom. The Morgan fingerprint density at radius 1 is 1.35 bits per heavy atom. The summed E-state index contributed by atoms with van der Waals surface area (Å²) in [6, 6.07) is 1.06. The molecule has 0 aromatic carbocycles. The van der Waals surface area contributed by atoms with Crippen molar-refractivity contribution in [2.45, 2.75) is 45.3 Å². The zero-order valence-corrected chi connectivity index (χ0v) is 12.5. The highest BCUT2D eigenvalue weighted by atomic mass is 28.2. The van der Waals surface area contributed by atoms with Crippen LogP contribution in [0.1, 0.15) is 27.2 Å². The maximum atomic E-state index is 11.0. The first-order valence-electron chi connectivity index (χ1n) is 6.30. The Kier molecular flexibility index (Phi) is 10.4. The summed E-state index contributed by atoms with van der Waals surface area (Å²) in [6.07, 6.45) is -0.00623. The number of hydrogen-bond acceptors (Lipinski definition) is 4. The summed E-state index contributed by atoms with van der Waals surface area (Å²) in [5.74, 6) is -0.310. The number of amides is 1. The van der Waals surface area contributed by atoms with Gasteiger partial charge in [0.15, 0.2) is 0 Å². The predicted molar refractivity (Wildman–Crippen MR) is 69.7 cm³/mol. The molecule has 0 heterocycles. The van der Waals surface area contributed by atoms with E-state index in [0.29, 0.717) is 19.8 Å². The minimum atomic E-state index is -0.924. The van der Waals surface area contributed by atoms with Crippen LogP contribution in [-0.4, -0.2) is 52.3 Å². The highest BCUT2D eigenvalue weighted by Gasteiger charge is 2.09. The molecule has 0 aliphatic carbocycles. The molecule has 0 radical (unpaired) electrons. The lowest BCUT2D eigenvalue weighted by Crippen LogP contribution is -2.33. The van der Waals surface area contributed by atoms with Gasteiger partial charge in [0, 0.05) is 19.8 Å². The highest BCUT2D eigenvalue weighted by Crippen LogP contribution is 1.98. The summed E-state index contributed by atoms with van der Waals surface area (Å²) in [5, 5.41) is 11.6. The van der Waals surface area contributed by atoms with Crippen molar-refractivity contribution >= 4 is 15.4 Å². The number of aliphatic hydroxyl groups excluding tert-OH is 1. The van der Waals surface area contributed by atoms with Gasteiger partial charge in [-0.25, -0.2) is 0 Å². The number of carbonyl (C=O) groups is 1. The Bertz CT molecular complexity index is 196. The minimum Gasteiger partial charge on any atom is -0.384 e. The van der Waals surface area contributed by atoms with Gasteiger partial charge < -0.3 is 19.9 Å². The Labute approximate surface area is 106 Å². The molecular formula is C11H25NO4Si. The van der Waals surface area contributed by atoms with Crippen LogP contribution in [-0.2, 0) is 14.3 Å². The molecule has 0 fully saturated rings. The zero-order valence-electron chi connectivity index (χ0n) is 11.1. The van der Waals surface area contributed by atoms with Crippen molar-refractivity contribution in [1.82, 2.24) is 5.32 Å². The summed E-state index contributed by atoms with van der Waals surface area (Å²) in [5.41, 5.74) is 0. The maximum absolute atomic E-state index is 11.0. The number of ether oxygens (including phenoxy) is 2. The van der Waals surface area contributed by atoms with Crippen molar-refractivity contribution in [1.29, 1.82) is 0 Å². The fraction of sp³-hybridized carbons (Fsp3) is 0.909. The standard InChI is InChI=1S/C11H25NO4Si/c1-4-15-11(16-5-2)17-8-6-7-12-10(14)9(3)13/h9,11,13H,4-8,17H2,1-3H3,(H,12,14). The van der Waals surface area contributed by atoms with Gasteiger partial charge in [-0.15, -0.1) is 0 Å². The van der Waals surface area contributed by atoms with Crippen LogP contribution in [0.2, 0.25) is 6.04 Å². The molecule has 1 unspecified atom stereocenters. The highest BCUT2D eigenvalue weighted by molar-refractivity contribution is 6.36. The lowest BCUT2D eigenvalue weighted by molar-refractivity contribution is -0.128. The topological polar surface area (TPSA) is 67.8 Å². The first-order chi connectivity index (χ1) is 8.11. The summed E-state index contributed by atoms with van der Waals surface area (Å²) in [6.45, 7) is 7.35. The van der Waals surface area contributed by atoms with Gasteiger partial charge in [-0.1, -0.05) is 6.04 Å². The van der Waals surface area contributed by atoms with Gasteiger partial charge in [0.2, 0.25) is 5.91 Å². The molecule has 0 aliphatic heterocycles. The number of rotatable bonds is 10. The van der Waals surface area contributed by atoms with E-state index in [4.69, 9.17) is 14.6 Å². The van der Waals surface area contributed by atoms with Crippen LogP contribution >= 0.6 is 0 Å². The second kappa shape index (κ2) is 10.7. The molecule has 0 spiro atoms. The third kappa shape index (κ3) is 9.28. The second-order valence-corrected chi connectivity index (χ2v) is 5.75. The molecule has 0 saturated carbocycles. The van der Waals surface area contributed by atoms with Crippen LogP contribution in [0.4, 0.5) is 0 Å². The van der Waals surface area contributed by atoms with E-state index in [2.05, 4.69) is 5.32 Å². The van der Waals surface area contributed by atoms with Gasteiger partial charge in [-0.05, 0) is 27.2 Å². The lowest BCUT2D eigenvalue weighted by Gasteiger charge is -2.16. The molecule has 1 atom stereocenters. The van der Waals surface area contributed by atoms with Crippen LogP contribution < -0.4 is 5.32 Å². The van der Waals surface area contributed by atoms with Gasteiger partial charge in [0.25, 0.3) is 0 Å². The Hall–Kier alpha value is -0.433. The molecule has 2 N–H and O–H groups in total. The van der Waals surface area contributed by atoms with E-state index in [-0.39, 0.29) is 11.8 Å². The largest absolute Gasteiger partial charge is 0.384 e. The smallest absolute Gasteiger partial charge is 0.248 e. The monoisotopic (exact) mass is 263 g/mol. The average Bonchev–Trinajstić information content (AvgIpc) is 2.28. The molecular weight excluding hydrogens is 238 g/mol. The van der Waals surface area contributed by atoms with Gasteiger partial charge >= 0.3 is 0 Å². The second-order valence-electron chi connectivity index (χ2n) is 3.80. The molecule has 0 aliphatic rings. The number of nitrogens with one attached hydrogen (secondary N) is 1. The Morgan fingerprint density at radius 3 is 2.41 bits per heavy atom. The van der Waals surface area contributed by atoms with Gasteiger partial charge in [0.1, 0.15) is 12.0 Å². The first-order valence-corrected chi connectivity index (χ1v) is 8.12. The van der Waals surface area contributed by atoms with Crippen LogP contribution in [0.3, 0.4) is 0 Å². The fourth-order valence-electron chi connectivity index (χ4n) is 1.38. The number of aliphatic hydroxyl groups is 1. The molecule has 0 saturated heterocycles. The van der Waals surface area contributed by atoms with E-state index in [1.165, 1.54) is 6.92 Å². The van der Waals surface area contributed by atoms with Crippen LogP contribution in [0.5, 0.6) is 0 Å². The summed E-state index contributed by atoms with van der Waals surface area (Å²) in [4.78, 5) is 11.0. The van der Waals surface area contributed by atoms with E-state index >= 15 is 0 Å². The third-order valence-electron chi connectivity index (χ3n) is 2.25. The fourth-order valence-corrected chi connectivity index (χ4v) is 3.06. The molecule has 0 rings (SSSR count). The molecule has 0 bridgehead atoms. The van der Waals surface area contributed by atoms with Crippen LogP contribution in [0.15, 0.2) is 0 Å². The average molecular weight is 263 g/mol. The van der Waals surface area contributed by atoms with Crippen LogP contribution in [0.25, 0.3) is 0 Å². The zero-order chi connectivity index (χ0) is 13.1. The van der Waals surface area contributed by atoms with Crippen molar-refractivity contribution in [3.05, 3.63) is 0 Å². The van der Waals surface area contributed by atoms with E-state index in [0.717, 1.165) is 12.5 Å². The Balaban J connectivity index is 3.50. The predicted octanol–water partition coefficient (Wildman–Crippen LogP) is -0.183. The SMILES string of the molecule is CCOC(OCC)[SiH2]CCCNC(=O)C(C)O. The molecule has 1 amide bonds. The van der Waals surface area contributed by atoms with Crippen molar-refractivity contribution in [3.63, 3.8) is 0 Å². The number of carbonyl (C=O) groups excluding carboxylic acids is 1. The molecule has 5 nitrogen and oxygen atoms in total. The summed E-state index contributed by atoms with van der Waals surface area (Å²) >= 11 is 0. The van der Waals surface area contributed by atoms with Gasteiger partial charge in [-0.2, -0.15) is 0 Å². The summed E-state index contributed by atoms with van der Waals surface area (Å²) < 4.78 is 10.9. The molecule has 17 heavy (non-hydrogen) atoms. The normalized spacial score (nSPS) is 13.5. The van der Waals surface area contributed by atoms with Gasteiger partial charge in [-0.3, -0.25) is 4.79 Å². The number of hydrogen-bond donors (Lipinski definition) is 2. The lowest BCUT2D eigenvalue weighted by atomic mass is 10.3. The van der Waals surface area contributed by atoms with Crippen molar-refractivity contribution in [3.8, 4) is 0 Å². The first kappa shape index (κ1) is 16.6.